The molecule has 0 radical (unpaired) electrons. The van der Waals surface area contributed by atoms with E-state index in [9.17, 15) is 4.79 Å². The van der Waals surface area contributed by atoms with Crippen molar-refractivity contribution in [3.05, 3.63) is 0 Å². The first-order valence-corrected chi connectivity index (χ1v) is 5.34. The van der Waals surface area contributed by atoms with Crippen LogP contribution in [0.5, 0.6) is 0 Å². The van der Waals surface area contributed by atoms with Gasteiger partial charge < -0.3 is 33.5 Å². The number of rotatable bonds is 1. The summed E-state index contributed by atoms with van der Waals surface area (Å²) in [4.78, 5) is 9.70. The number of aliphatic carboxylic acids is 1. The zero-order valence-corrected chi connectivity index (χ0v) is 10.6. The molecule has 0 amide bonds. The van der Waals surface area contributed by atoms with Crippen LogP contribution in [0, 0.1) is 5.92 Å². The van der Waals surface area contributed by atoms with E-state index in [1.54, 1.807) is 13.8 Å². The van der Waals surface area contributed by atoms with Crippen LogP contribution in [0.4, 0.5) is 0 Å². The zero-order valence-electron chi connectivity index (χ0n) is 10.6. The molecule has 18 heavy (non-hydrogen) atoms. The molecule has 0 aromatic rings. The lowest BCUT2D eigenvalue weighted by molar-refractivity contribution is -0.247. The lowest BCUT2D eigenvalue weighted by atomic mass is 10.2. The summed E-state index contributed by atoms with van der Waals surface area (Å²) < 4.78 is 27.8. The molecule has 0 unspecified atom stereocenters. The first-order valence-electron chi connectivity index (χ1n) is 5.34. The molecule has 0 aromatic carbocycles. The van der Waals surface area contributed by atoms with Gasteiger partial charge in [0.25, 0.3) is 0 Å². The lowest BCUT2D eigenvalue weighted by Gasteiger charge is -2.10. The van der Waals surface area contributed by atoms with Crippen molar-refractivity contribution < 1.29 is 38.3 Å². The van der Waals surface area contributed by atoms with Crippen LogP contribution < -0.4 is 0 Å². The number of hydrogen-bond acceptors (Lipinski definition) is 7. The maximum Gasteiger partial charge on any atom is 0.305 e. The highest BCUT2D eigenvalue weighted by Crippen LogP contribution is 1.88. The normalized spacial score (nSPS) is 19.1. The summed E-state index contributed by atoms with van der Waals surface area (Å²) in [5.41, 5.74) is 0. The summed E-state index contributed by atoms with van der Waals surface area (Å²) in [5, 5.41) is 7.99. The molecule has 0 atom stereocenters. The Morgan fingerprint density at radius 1 is 0.778 bits per heavy atom. The summed E-state index contributed by atoms with van der Waals surface area (Å²) in [5.74, 6) is -0.972. The van der Waals surface area contributed by atoms with Gasteiger partial charge in [-0.25, -0.2) is 0 Å². The monoisotopic (exact) mass is 268 g/mol. The van der Waals surface area contributed by atoms with Crippen molar-refractivity contribution in [3.63, 3.8) is 0 Å². The zero-order chi connectivity index (χ0) is 13.6. The fourth-order valence-corrected chi connectivity index (χ4v) is 0.558. The molecule has 108 valence electrons. The van der Waals surface area contributed by atoms with Gasteiger partial charge in [0.05, 0.1) is 5.92 Å². The minimum absolute atomic E-state index is 0.231. The van der Waals surface area contributed by atoms with Crippen LogP contribution in [0.1, 0.15) is 13.8 Å². The number of carboxylic acids is 1. The maximum atomic E-state index is 9.70. The Morgan fingerprint density at radius 3 is 1.00 bits per heavy atom. The molecule has 2 aliphatic heterocycles. The van der Waals surface area contributed by atoms with Gasteiger partial charge in [-0.05, 0) is 0 Å². The first-order chi connectivity index (χ1) is 8.64. The average Bonchev–Trinajstić information content (AvgIpc) is 2.44. The largest absolute Gasteiger partial charge is 0.481 e. The fourth-order valence-electron chi connectivity index (χ4n) is 0.558. The topological polar surface area (TPSA) is 92.7 Å². The predicted molar refractivity (Wildman–Crippen MR) is 58.2 cm³/mol. The minimum Gasteiger partial charge on any atom is -0.481 e. The Bertz CT molecular complexity index is 153. The molecule has 2 saturated heterocycles. The molecule has 0 spiro atoms. The Kier molecular flexibility index (Phi) is 12.1. The second kappa shape index (κ2) is 12.7. The van der Waals surface area contributed by atoms with E-state index in [2.05, 4.69) is 28.4 Å². The van der Waals surface area contributed by atoms with Crippen LogP contribution in [0.3, 0.4) is 0 Å². The Morgan fingerprint density at radius 2 is 0.944 bits per heavy atom. The Labute approximate surface area is 106 Å². The molecule has 0 bridgehead atoms. The summed E-state index contributed by atoms with van der Waals surface area (Å²) in [7, 11) is 0. The SMILES string of the molecule is C1OCOCO1.C1OCOCO1.CC(C)C(=O)O. The van der Waals surface area contributed by atoms with Gasteiger partial charge in [-0.2, -0.15) is 0 Å². The van der Waals surface area contributed by atoms with E-state index in [-0.39, 0.29) is 5.92 Å². The van der Waals surface area contributed by atoms with Gasteiger partial charge in [-0.3, -0.25) is 4.79 Å². The fraction of sp³-hybridized carbons (Fsp3) is 0.900. The van der Waals surface area contributed by atoms with Gasteiger partial charge >= 0.3 is 5.97 Å². The van der Waals surface area contributed by atoms with Crippen LogP contribution in [0.15, 0.2) is 0 Å². The van der Waals surface area contributed by atoms with Crippen molar-refractivity contribution in [1.29, 1.82) is 0 Å². The third kappa shape index (κ3) is 13.3. The molecular weight excluding hydrogens is 248 g/mol. The van der Waals surface area contributed by atoms with Gasteiger partial charge in [0.1, 0.15) is 0 Å². The smallest absolute Gasteiger partial charge is 0.305 e. The highest BCUT2D eigenvalue weighted by molar-refractivity contribution is 5.68. The lowest BCUT2D eigenvalue weighted by Crippen LogP contribution is -2.14. The van der Waals surface area contributed by atoms with E-state index in [0.717, 1.165) is 0 Å². The Balaban J connectivity index is 0.000000241. The highest BCUT2D eigenvalue weighted by atomic mass is 16.8. The number of hydrogen-bond donors (Lipinski definition) is 1. The van der Waals surface area contributed by atoms with Gasteiger partial charge in [-0.15, -0.1) is 0 Å². The third-order valence-corrected chi connectivity index (χ3v) is 1.49. The number of carboxylic acid groups (broad SMARTS) is 1. The molecule has 2 fully saturated rings. The molecule has 0 aromatic heterocycles. The van der Waals surface area contributed by atoms with Crippen molar-refractivity contribution >= 4 is 5.97 Å². The van der Waals surface area contributed by atoms with E-state index in [1.807, 2.05) is 0 Å². The number of carbonyl (C=O) groups is 1. The summed E-state index contributed by atoms with van der Waals surface area (Å²) in [6.45, 7) is 5.53. The van der Waals surface area contributed by atoms with Crippen LogP contribution in [0.25, 0.3) is 0 Å². The van der Waals surface area contributed by atoms with Crippen LogP contribution in [0.2, 0.25) is 0 Å². The van der Waals surface area contributed by atoms with Gasteiger partial charge in [0.2, 0.25) is 0 Å². The van der Waals surface area contributed by atoms with Crippen molar-refractivity contribution in [2.75, 3.05) is 40.8 Å². The molecule has 2 heterocycles. The quantitative estimate of drug-likeness (QED) is 0.738. The second-order valence-electron chi connectivity index (χ2n) is 3.42. The molecule has 1 N–H and O–H groups in total. The van der Waals surface area contributed by atoms with Crippen molar-refractivity contribution in [2.24, 2.45) is 5.92 Å². The van der Waals surface area contributed by atoms with Gasteiger partial charge in [-0.1, -0.05) is 13.8 Å². The molecule has 2 aliphatic rings. The molecular formula is C10H20O8. The first kappa shape index (κ1) is 17.2. The van der Waals surface area contributed by atoms with Crippen LogP contribution >= 0.6 is 0 Å². The molecule has 8 nitrogen and oxygen atoms in total. The summed E-state index contributed by atoms with van der Waals surface area (Å²) in [6, 6.07) is 0. The molecule has 0 aliphatic carbocycles. The van der Waals surface area contributed by atoms with E-state index >= 15 is 0 Å². The predicted octanol–water partition coefficient (Wildman–Crippen LogP) is 0.572. The van der Waals surface area contributed by atoms with E-state index < -0.39 is 5.97 Å². The summed E-state index contributed by atoms with van der Waals surface area (Å²) >= 11 is 0. The van der Waals surface area contributed by atoms with E-state index in [1.165, 1.54) is 0 Å². The van der Waals surface area contributed by atoms with E-state index in [0.29, 0.717) is 40.8 Å². The standard InChI is InChI=1S/C4H8O2.2C3H6O3/c1-3(2)4(5)6;2*1-4-2-6-3-5-1/h3H,1-2H3,(H,5,6);2*1-3H2. The van der Waals surface area contributed by atoms with Crippen molar-refractivity contribution in [1.82, 2.24) is 0 Å². The van der Waals surface area contributed by atoms with Crippen molar-refractivity contribution in [3.8, 4) is 0 Å². The van der Waals surface area contributed by atoms with E-state index in [4.69, 9.17) is 5.11 Å². The average molecular weight is 268 g/mol. The molecule has 8 heteroatoms. The molecule has 2 rings (SSSR count). The Hall–Kier alpha value is -0.770. The van der Waals surface area contributed by atoms with Gasteiger partial charge in [0, 0.05) is 0 Å². The minimum atomic E-state index is -0.741. The second-order valence-corrected chi connectivity index (χ2v) is 3.42. The highest BCUT2D eigenvalue weighted by Gasteiger charge is 1.99. The molecule has 0 saturated carbocycles. The van der Waals surface area contributed by atoms with Crippen LogP contribution in [-0.4, -0.2) is 51.8 Å². The third-order valence-electron chi connectivity index (χ3n) is 1.49. The maximum absolute atomic E-state index is 9.70. The summed E-state index contributed by atoms with van der Waals surface area (Å²) in [6.07, 6.45) is 0. The number of ether oxygens (including phenoxy) is 6. The van der Waals surface area contributed by atoms with Crippen molar-refractivity contribution in [2.45, 2.75) is 13.8 Å². The van der Waals surface area contributed by atoms with Gasteiger partial charge in [0.15, 0.2) is 40.8 Å². The van der Waals surface area contributed by atoms with Crippen LogP contribution in [-0.2, 0) is 33.2 Å².